The number of hydrogen-bond donors (Lipinski definition) is 0. The average molecular weight is 443 g/mol. The molecule has 152 valence electrons. The highest BCUT2D eigenvalue weighted by Crippen LogP contribution is 2.33. The highest BCUT2D eigenvalue weighted by atomic mass is 32.2. The standard InChI is InChI=1S/C25H18N2O2S2/c26-15-20-8-4-5-9-21(20)17-29-22-12-10-18(11-13-22)14-23-24(28)27(25(30)31-23)16-19-6-2-1-3-7-19/h1-14H,16-17H2/b23-14+. The van der Waals surface area contributed by atoms with Gasteiger partial charge in [-0.3, -0.25) is 9.69 Å². The van der Waals surface area contributed by atoms with E-state index in [9.17, 15) is 10.1 Å². The van der Waals surface area contributed by atoms with Crippen LogP contribution in [-0.4, -0.2) is 15.1 Å². The third-order valence-corrected chi connectivity index (χ3v) is 6.14. The number of benzene rings is 3. The molecule has 0 spiro atoms. The molecule has 0 N–H and O–H groups in total. The third kappa shape index (κ3) is 5.02. The minimum atomic E-state index is -0.0766. The molecule has 3 aromatic rings. The van der Waals surface area contributed by atoms with Gasteiger partial charge < -0.3 is 4.74 Å². The summed E-state index contributed by atoms with van der Waals surface area (Å²) in [5.74, 6) is 0.619. The second-order valence-electron chi connectivity index (χ2n) is 6.88. The van der Waals surface area contributed by atoms with Gasteiger partial charge in [0.2, 0.25) is 0 Å². The minimum Gasteiger partial charge on any atom is -0.489 e. The lowest BCUT2D eigenvalue weighted by atomic mass is 10.1. The van der Waals surface area contributed by atoms with E-state index in [0.717, 1.165) is 16.7 Å². The molecule has 0 aliphatic carbocycles. The number of hydrogen-bond acceptors (Lipinski definition) is 5. The molecule has 31 heavy (non-hydrogen) atoms. The van der Waals surface area contributed by atoms with Crippen LogP contribution in [0.5, 0.6) is 5.75 Å². The van der Waals surface area contributed by atoms with Crippen LogP contribution in [0.1, 0.15) is 22.3 Å². The number of ether oxygens (including phenoxy) is 1. The molecule has 1 amide bonds. The molecule has 0 saturated carbocycles. The van der Waals surface area contributed by atoms with Crippen LogP contribution in [0, 0.1) is 11.3 Å². The molecule has 1 saturated heterocycles. The van der Waals surface area contributed by atoms with Gasteiger partial charge in [-0.1, -0.05) is 84.6 Å². The van der Waals surface area contributed by atoms with Crippen molar-refractivity contribution in [1.29, 1.82) is 5.26 Å². The van der Waals surface area contributed by atoms with Gasteiger partial charge in [-0.2, -0.15) is 5.26 Å². The summed E-state index contributed by atoms with van der Waals surface area (Å²) in [6.45, 7) is 0.793. The predicted molar refractivity (Wildman–Crippen MR) is 127 cm³/mol. The fraction of sp³-hybridized carbons (Fsp3) is 0.0800. The molecule has 0 atom stereocenters. The van der Waals surface area contributed by atoms with Gasteiger partial charge in [0.1, 0.15) is 16.7 Å². The molecule has 3 aromatic carbocycles. The van der Waals surface area contributed by atoms with Crippen molar-refractivity contribution in [2.24, 2.45) is 0 Å². The van der Waals surface area contributed by atoms with Gasteiger partial charge in [-0.15, -0.1) is 0 Å². The van der Waals surface area contributed by atoms with Crippen molar-refractivity contribution in [2.75, 3.05) is 0 Å². The minimum absolute atomic E-state index is 0.0766. The maximum absolute atomic E-state index is 12.8. The summed E-state index contributed by atoms with van der Waals surface area (Å²) in [7, 11) is 0. The van der Waals surface area contributed by atoms with Crippen molar-refractivity contribution in [3.05, 3.63) is 106 Å². The van der Waals surface area contributed by atoms with E-state index in [4.69, 9.17) is 17.0 Å². The number of nitrogens with zero attached hydrogens (tertiary/aromatic N) is 2. The summed E-state index contributed by atoms with van der Waals surface area (Å²) >= 11 is 6.74. The topological polar surface area (TPSA) is 53.3 Å². The lowest BCUT2D eigenvalue weighted by Crippen LogP contribution is -2.27. The van der Waals surface area contributed by atoms with Crippen LogP contribution < -0.4 is 4.74 Å². The quantitative estimate of drug-likeness (QED) is 0.371. The van der Waals surface area contributed by atoms with Crippen LogP contribution in [0.3, 0.4) is 0 Å². The second-order valence-corrected chi connectivity index (χ2v) is 8.56. The van der Waals surface area contributed by atoms with Crippen LogP contribution in [0.15, 0.2) is 83.8 Å². The van der Waals surface area contributed by atoms with E-state index in [1.807, 2.05) is 78.9 Å². The molecule has 1 aliphatic heterocycles. The first-order chi connectivity index (χ1) is 15.1. The molecule has 0 aromatic heterocycles. The van der Waals surface area contributed by atoms with Gasteiger partial charge in [0.25, 0.3) is 5.91 Å². The first kappa shape index (κ1) is 20.9. The normalized spacial score (nSPS) is 14.7. The van der Waals surface area contributed by atoms with Crippen molar-refractivity contribution in [3.63, 3.8) is 0 Å². The zero-order chi connectivity index (χ0) is 21.6. The fourth-order valence-electron chi connectivity index (χ4n) is 3.13. The third-order valence-electron chi connectivity index (χ3n) is 4.77. The zero-order valence-electron chi connectivity index (χ0n) is 16.5. The first-order valence-electron chi connectivity index (χ1n) is 9.64. The van der Waals surface area contributed by atoms with Crippen LogP contribution in [0.25, 0.3) is 6.08 Å². The van der Waals surface area contributed by atoms with Crippen molar-refractivity contribution in [2.45, 2.75) is 13.2 Å². The number of amides is 1. The summed E-state index contributed by atoms with van der Waals surface area (Å²) in [6.07, 6.45) is 1.85. The lowest BCUT2D eigenvalue weighted by Gasteiger charge is -2.14. The number of carbonyl (C=O) groups is 1. The molecule has 0 radical (unpaired) electrons. The van der Waals surface area contributed by atoms with E-state index in [-0.39, 0.29) is 5.91 Å². The Morgan fingerprint density at radius 3 is 2.45 bits per heavy atom. The average Bonchev–Trinajstić information content (AvgIpc) is 3.07. The van der Waals surface area contributed by atoms with E-state index >= 15 is 0 Å². The highest BCUT2D eigenvalue weighted by molar-refractivity contribution is 8.26. The van der Waals surface area contributed by atoms with Gasteiger partial charge in [0.05, 0.1) is 23.1 Å². The molecule has 0 bridgehead atoms. The molecule has 1 aliphatic rings. The summed E-state index contributed by atoms with van der Waals surface area (Å²) in [5.41, 5.74) is 3.39. The fourth-order valence-corrected chi connectivity index (χ4v) is 4.39. The predicted octanol–water partition coefficient (Wildman–Crippen LogP) is 5.54. The molecular formula is C25H18N2O2S2. The van der Waals surface area contributed by atoms with E-state index in [0.29, 0.717) is 33.7 Å². The maximum atomic E-state index is 12.8. The lowest BCUT2D eigenvalue weighted by molar-refractivity contribution is -0.122. The van der Waals surface area contributed by atoms with Crippen molar-refractivity contribution in [1.82, 2.24) is 4.90 Å². The van der Waals surface area contributed by atoms with Gasteiger partial charge >= 0.3 is 0 Å². The largest absolute Gasteiger partial charge is 0.489 e. The van der Waals surface area contributed by atoms with Crippen LogP contribution in [-0.2, 0) is 17.9 Å². The summed E-state index contributed by atoms with van der Waals surface area (Å²) in [6, 6.07) is 26.9. The Kier molecular flexibility index (Phi) is 6.46. The van der Waals surface area contributed by atoms with Crippen LogP contribution in [0.2, 0.25) is 0 Å². The van der Waals surface area contributed by atoms with Crippen molar-refractivity contribution < 1.29 is 9.53 Å². The number of thiocarbonyl (C=S) groups is 1. The van der Waals surface area contributed by atoms with Gasteiger partial charge in [0.15, 0.2) is 0 Å². The van der Waals surface area contributed by atoms with Crippen molar-refractivity contribution >= 4 is 40.3 Å². The molecule has 1 heterocycles. The van der Waals surface area contributed by atoms with Crippen LogP contribution in [0.4, 0.5) is 0 Å². The molecule has 4 rings (SSSR count). The first-order valence-corrected chi connectivity index (χ1v) is 10.9. The number of thioether (sulfide) groups is 1. The highest BCUT2D eigenvalue weighted by Gasteiger charge is 2.31. The second kappa shape index (κ2) is 9.61. The van der Waals surface area contributed by atoms with Gasteiger partial charge in [-0.05, 0) is 35.4 Å². The Labute approximate surface area is 190 Å². The Balaban J connectivity index is 1.42. The molecular weight excluding hydrogens is 424 g/mol. The number of nitriles is 1. The maximum Gasteiger partial charge on any atom is 0.266 e. The summed E-state index contributed by atoms with van der Waals surface area (Å²) < 4.78 is 6.37. The molecule has 0 unspecified atom stereocenters. The molecule has 4 nitrogen and oxygen atoms in total. The zero-order valence-corrected chi connectivity index (χ0v) is 18.2. The summed E-state index contributed by atoms with van der Waals surface area (Å²) in [5, 5.41) is 9.18. The van der Waals surface area contributed by atoms with Crippen molar-refractivity contribution in [3.8, 4) is 11.8 Å². The number of carbonyl (C=O) groups excluding carboxylic acids is 1. The number of rotatable bonds is 6. The Morgan fingerprint density at radius 1 is 1.00 bits per heavy atom. The smallest absolute Gasteiger partial charge is 0.266 e. The monoisotopic (exact) mass is 442 g/mol. The Bertz CT molecular complexity index is 1180. The summed E-state index contributed by atoms with van der Waals surface area (Å²) in [4.78, 5) is 15.0. The molecule has 1 fully saturated rings. The van der Waals surface area contributed by atoms with Gasteiger partial charge in [0, 0.05) is 5.56 Å². The SMILES string of the molecule is N#Cc1ccccc1COc1ccc(/C=C2/SC(=S)N(Cc3ccccc3)C2=O)cc1. The Morgan fingerprint density at radius 2 is 1.71 bits per heavy atom. The molecule has 6 heteroatoms. The van der Waals surface area contributed by atoms with E-state index in [1.54, 1.807) is 11.0 Å². The van der Waals surface area contributed by atoms with Gasteiger partial charge in [-0.25, -0.2) is 0 Å². The van der Waals surface area contributed by atoms with E-state index < -0.39 is 0 Å². The Hall–Kier alpha value is -3.40. The van der Waals surface area contributed by atoms with E-state index in [1.165, 1.54) is 11.8 Å². The van der Waals surface area contributed by atoms with Crippen LogP contribution >= 0.6 is 24.0 Å². The van der Waals surface area contributed by atoms with E-state index in [2.05, 4.69) is 6.07 Å².